The van der Waals surface area contributed by atoms with Crippen molar-refractivity contribution in [2.75, 3.05) is 18.9 Å². The van der Waals surface area contributed by atoms with Crippen LogP contribution in [0.15, 0.2) is 12.7 Å². The van der Waals surface area contributed by atoms with Crippen molar-refractivity contribution in [1.82, 2.24) is 4.90 Å². The van der Waals surface area contributed by atoms with E-state index in [-0.39, 0.29) is 5.91 Å². The zero-order chi connectivity index (χ0) is 10.8. The summed E-state index contributed by atoms with van der Waals surface area (Å²) >= 11 is 3.35. The minimum absolute atomic E-state index is 0.259. The molecule has 0 unspecified atom stereocenters. The average molecular weight is 262 g/mol. The number of hydrogen-bond donors (Lipinski definition) is 0. The zero-order valence-electron chi connectivity index (χ0n) is 8.97. The predicted octanol–water partition coefficient (Wildman–Crippen LogP) is 2.98. The fourth-order valence-electron chi connectivity index (χ4n) is 1.16. The number of allylic oxidation sites excluding steroid dienone is 1. The number of amides is 1. The van der Waals surface area contributed by atoms with E-state index in [0.29, 0.717) is 6.42 Å². The van der Waals surface area contributed by atoms with E-state index in [9.17, 15) is 4.79 Å². The fourth-order valence-corrected chi connectivity index (χ4v) is 1.56. The van der Waals surface area contributed by atoms with E-state index in [1.807, 2.05) is 18.0 Å². The molecule has 0 heterocycles. The third-order valence-electron chi connectivity index (χ3n) is 2.10. The van der Waals surface area contributed by atoms with Gasteiger partial charge in [0.1, 0.15) is 0 Å². The van der Waals surface area contributed by atoms with Crippen molar-refractivity contribution in [2.24, 2.45) is 0 Å². The van der Waals surface area contributed by atoms with Gasteiger partial charge < -0.3 is 4.90 Å². The standard InChI is InChI=1S/C11H20BrNO/c1-3-4-7-10-13(2)11(14)8-5-6-9-12/h3H,1,4-10H2,2H3. The predicted molar refractivity (Wildman–Crippen MR) is 64.7 cm³/mol. The molecular weight excluding hydrogens is 242 g/mol. The van der Waals surface area contributed by atoms with Gasteiger partial charge in [0.2, 0.25) is 5.91 Å². The Bertz CT molecular complexity index is 171. The molecule has 0 spiro atoms. The van der Waals surface area contributed by atoms with Gasteiger partial charge in [0.05, 0.1) is 0 Å². The number of rotatable bonds is 8. The van der Waals surface area contributed by atoms with Crippen LogP contribution in [0.1, 0.15) is 32.1 Å². The molecule has 0 fully saturated rings. The summed E-state index contributed by atoms with van der Waals surface area (Å²) in [7, 11) is 1.87. The van der Waals surface area contributed by atoms with Crippen molar-refractivity contribution in [3.05, 3.63) is 12.7 Å². The number of alkyl halides is 1. The number of carbonyl (C=O) groups is 1. The summed E-state index contributed by atoms with van der Waals surface area (Å²) in [5, 5.41) is 0.987. The van der Waals surface area contributed by atoms with Crippen LogP contribution >= 0.6 is 15.9 Å². The van der Waals surface area contributed by atoms with Crippen LogP contribution in [-0.4, -0.2) is 29.7 Å². The molecule has 0 N–H and O–H groups in total. The van der Waals surface area contributed by atoms with Gasteiger partial charge in [0.25, 0.3) is 0 Å². The molecule has 2 nitrogen and oxygen atoms in total. The maximum absolute atomic E-state index is 11.5. The molecular formula is C11H20BrNO. The summed E-state index contributed by atoms with van der Waals surface area (Å²) in [6, 6.07) is 0. The van der Waals surface area contributed by atoms with Gasteiger partial charge in [-0.15, -0.1) is 6.58 Å². The molecule has 82 valence electrons. The first-order valence-electron chi connectivity index (χ1n) is 5.13. The van der Waals surface area contributed by atoms with Crippen molar-refractivity contribution in [1.29, 1.82) is 0 Å². The summed E-state index contributed by atoms with van der Waals surface area (Å²) in [5.41, 5.74) is 0. The van der Waals surface area contributed by atoms with Crippen LogP contribution in [0.2, 0.25) is 0 Å². The molecule has 0 aromatic heterocycles. The third-order valence-corrected chi connectivity index (χ3v) is 2.66. The summed E-state index contributed by atoms with van der Waals surface area (Å²) in [6.45, 7) is 4.50. The molecule has 0 saturated heterocycles. The van der Waals surface area contributed by atoms with Gasteiger partial charge in [0.15, 0.2) is 0 Å². The molecule has 0 bridgehead atoms. The second-order valence-corrected chi connectivity index (χ2v) is 4.19. The van der Waals surface area contributed by atoms with E-state index in [2.05, 4.69) is 22.5 Å². The maximum Gasteiger partial charge on any atom is 0.222 e. The molecule has 1 amide bonds. The van der Waals surface area contributed by atoms with Crippen LogP contribution in [0, 0.1) is 0 Å². The first-order valence-corrected chi connectivity index (χ1v) is 6.25. The molecule has 0 aliphatic rings. The van der Waals surface area contributed by atoms with E-state index in [1.165, 1.54) is 0 Å². The summed E-state index contributed by atoms with van der Waals surface area (Å²) in [4.78, 5) is 13.3. The van der Waals surface area contributed by atoms with E-state index in [1.54, 1.807) is 0 Å². The van der Waals surface area contributed by atoms with Gasteiger partial charge in [-0.1, -0.05) is 22.0 Å². The van der Waals surface area contributed by atoms with Crippen LogP contribution in [0.3, 0.4) is 0 Å². The van der Waals surface area contributed by atoms with Crippen molar-refractivity contribution < 1.29 is 4.79 Å². The van der Waals surface area contributed by atoms with Gasteiger partial charge in [-0.2, -0.15) is 0 Å². The largest absolute Gasteiger partial charge is 0.346 e. The molecule has 3 heteroatoms. The van der Waals surface area contributed by atoms with Crippen molar-refractivity contribution >= 4 is 21.8 Å². The Morgan fingerprint density at radius 2 is 2.14 bits per heavy atom. The lowest BCUT2D eigenvalue weighted by Crippen LogP contribution is -2.27. The monoisotopic (exact) mass is 261 g/mol. The number of halogens is 1. The van der Waals surface area contributed by atoms with Gasteiger partial charge in [0, 0.05) is 25.3 Å². The Hall–Kier alpha value is -0.310. The van der Waals surface area contributed by atoms with Crippen molar-refractivity contribution in [3.8, 4) is 0 Å². The number of nitrogens with zero attached hydrogens (tertiary/aromatic N) is 1. The highest BCUT2D eigenvalue weighted by Crippen LogP contribution is 2.02. The van der Waals surface area contributed by atoms with Crippen LogP contribution < -0.4 is 0 Å². The van der Waals surface area contributed by atoms with E-state index in [0.717, 1.165) is 37.6 Å². The van der Waals surface area contributed by atoms with Crippen molar-refractivity contribution in [3.63, 3.8) is 0 Å². The minimum Gasteiger partial charge on any atom is -0.346 e. The Labute approximate surface area is 95.5 Å². The summed E-state index contributed by atoms with van der Waals surface area (Å²) < 4.78 is 0. The summed E-state index contributed by atoms with van der Waals surface area (Å²) in [5.74, 6) is 0.259. The first-order chi connectivity index (χ1) is 6.72. The van der Waals surface area contributed by atoms with Crippen LogP contribution in [0.5, 0.6) is 0 Å². The van der Waals surface area contributed by atoms with Gasteiger partial charge in [-0.25, -0.2) is 0 Å². The van der Waals surface area contributed by atoms with Gasteiger partial charge in [-0.3, -0.25) is 4.79 Å². The molecule has 0 saturated carbocycles. The molecule has 14 heavy (non-hydrogen) atoms. The Morgan fingerprint density at radius 1 is 1.43 bits per heavy atom. The highest BCUT2D eigenvalue weighted by molar-refractivity contribution is 9.09. The normalized spacial score (nSPS) is 9.86. The van der Waals surface area contributed by atoms with E-state index < -0.39 is 0 Å². The fraction of sp³-hybridized carbons (Fsp3) is 0.727. The maximum atomic E-state index is 11.5. The summed E-state index contributed by atoms with van der Waals surface area (Å²) in [6.07, 6.45) is 6.63. The number of carbonyl (C=O) groups excluding carboxylic acids is 1. The van der Waals surface area contributed by atoms with E-state index >= 15 is 0 Å². The molecule has 0 aliphatic carbocycles. The average Bonchev–Trinajstić information content (AvgIpc) is 2.18. The lowest BCUT2D eigenvalue weighted by atomic mass is 10.2. The second kappa shape index (κ2) is 9.25. The second-order valence-electron chi connectivity index (χ2n) is 3.39. The lowest BCUT2D eigenvalue weighted by Gasteiger charge is -2.16. The van der Waals surface area contributed by atoms with Gasteiger partial charge in [-0.05, 0) is 25.7 Å². The minimum atomic E-state index is 0.259. The Balaban J connectivity index is 3.49. The zero-order valence-corrected chi connectivity index (χ0v) is 10.6. The molecule has 0 aliphatic heterocycles. The first kappa shape index (κ1) is 13.7. The smallest absolute Gasteiger partial charge is 0.222 e. The molecule has 0 aromatic carbocycles. The van der Waals surface area contributed by atoms with E-state index in [4.69, 9.17) is 0 Å². The van der Waals surface area contributed by atoms with Gasteiger partial charge >= 0.3 is 0 Å². The van der Waals surface area contributed by atoms with Crippen molar-refractivity contribution in [2.45, 2.75) is 32.1 Å². The Morgan fingerprint density at radius 3 is 2.71 bits per heavy atom. The molecule has 0 atom stereocenters. The number of hydrogen-bond acceptors (Lipinski definition) is 1. The van der Waals surface area contributed by atoms with Crippen LogP contribution in [0.4, 0.5) is 0 Å². The third kappa shape index (κ3) is 7.13. The Kier molecular flexibility index (Phi) is 9.05. The quantitative estimate of drug-likeness (QED) is 0.374. The molecule has 0 rings (SSSR count). The van der Waals surface area contributed by atoms with Crippen LogP contribution in [0.25, 0.3) is 0 Å². The molecule has 0 aromatic rings. The SMILES string of the molecule is C=CCCCN(C)C(=O)CCCCBr. The molecule has 0 radical (unpaired) electrons. The highest BCUT2D eigenvalue weighted by atomic mass is 79.9. The number of unbranched alkanes of at least 4 members (excludes halogenated alkanes) is 2. The highest BCUT2D eigenvalue weighted by Gasteiger charge is 2.06. The topological polar surface area (TPSA) is 20.3 Å². The lowest BCUT2D eigenvalue weighted by molar-refractivity contribution is -0.130. The van der Waals surface area contributed by atoms with Crippen LogP contribution in [-0.2, 0) is 4.79 Å².